The SMILES string of the molecule is CSCCCCNC(=O)c1c(O)cccc1O. The summed E-state index contributed by atoms with van der Waals surface area (Å²) in [4.78, 5) is 11.7. The third-order valence-corrected chi connectivity index (χ3v) is 3.01. The van der Waals surface area contributed by atoms with Crippen molar-refractivity contribution in [2.24, 2.45) is 0 Å². The maximum absolute atomic E-state index is 11.7. The molecule has 17 heavy (non-hydrogen) atoms. The first-order valence-corrected chi connectivity index (χ1v) is 6.84. The lowest BCUT2D eigenvalue weighted by molar-refractivity contribution is 0.0947. The van der Waals surface area contributed by atoms with Gasteiger partial charge in [0.1, 0.15) is 17.1 Å². The average molecular weight is 255 g/mol. The monoisotopic (exact) mass is 255 g/mol. The number of amides is 1. The smallest absolute Gasteiger partial charge is 0.258 e. The molecule has 0 radical (unpaired) electrons. The zero-order chi connectivity index (χ0) is 12.7. The number of aromatic hydroxyl groups is 2. The topological polar surface area (TPSA) is 69.6 Å². The molecule has 0 heterocycles. The summed E-state index contributed by atoms with van der Waals surface area (Å²) in [6, 6.07) is 4.24. The van der Waals surface area contributed by atoms with E-state index in [1.54, 1.807) is 11.8 Å². The number of hydrogen-bond donors (Lipinski definition) is 3. The van der Waals surface area contributed by atoms with Crippen LogP contribution in [-0.4, -0.2) is 34.7 Å². The van der Waals surface area contributed by atoms with Gasteiger partial charge in [0.2, 0.25) is 0 Å². The lowest BCUT2D eigenvalue weighted by Crippen LogP contribution is -2.24. The van der Waals surface area contributed by atoms with Crippen LogP contribution in [0.25, 0.3) is 0 Å². The number of rotatable bonds is 6. The van der Waals surface area contributed by atoms with Crippen molar-refractivity contribution >= 4 is 17.7 Å². The normalized spacial score (nSPS) is 10.2. The Morgan fingerprint density at radius 3 is 2.53 bits per heavy atom. The van der Waals surface area contributed by atoms with Gasteiger partial charge in [0.15, 0.2) is 0 Å². The third-order valence-electron chi connectivity index (χ3n) is 2.31. The molecular weight excluding hydrogens is 238 g/mol. The lowest BCUT2D eigenvalue weighted by atomic mass is 10.1. The van der Waals surface area contributed by atoms with Crippen LogP contribution in [0.3, 0.4) is 0 Å². The highest BCUT2D eigenvalue weighted by Gasteiger charge is 2.14. The minimum absolute atomic E-state index is 0.0580. The predicted molar refractivity (Wildman–Crippen MR) is 69.7 cm³/mol. The number of hydrogen-bond acceptors (Lipinski definition) is 4. The molecule has 0 saturated heterocycles. The number of carbonyl (C=O) groups excluding carboxylic acids is 1. The predicted octanol–water partition coefficient (Wildman–Crippen LogP) is 1.97. The van der Waals surface area contributed by atoms with Crippen LogP contribution in [0.2, 0.25) is 0 Å². The highest BCUT2D eigenvalue weighted by atomic mass is 32.2. The van der Waals surface area contributed by atoms with Crippen molar-refractivity contribution in [2.45, 2.75) is 12.8 Å². The number of nitrogens with one attached hydrogen (secondary N) is 1. The maximum Gasteiger partial charge on any atom is 0.258 e. The van der Waals surface area contributed by atoms with E-state index in [4.69, 9.17) is 0 Å². The highest BCUT2D eigenvalue weighted by Crippen LogP contribution is 2.25. The summed E-state index contributed by atoms with van der Waals surface area (Å²) in [6.07, 6.45) is 3.97. The van der Waals surface area contributed by atoms with Gasteiger partial charge in [0.05, 0.1) is 0 Å². The number of benzene rings is 1. The number of thioether (sulfide) groups is 1. The number of carbonyl (C=O) groups is 1. The molecule has 0 bridgehead atoms. The van der Waals surface area contributed by atoms with Crippen molar-refractivity contribution in [1.82, 2.24) is 5.32 Å². The van der Waals surface area contributed by atoms with E-state index in [-0.39, 0.29) is 17.1 Å². The zero-order valence-corrected chi connectivity index (χ0v) is 10.6. The van der Waals surface area contributed by atoms with E-state index in [0.717, 1.165) is 18.6 Å². The molecule has 0 saturated carbocycles. The summed E-state index contributed by atoms with van der Waals surface area (Å²) < 4.78 is 0. The van der Waals surface area contributed by atoms with Gasteiger partial charge >= 0.3 is 0 Å². The second-order valence-electron chi connectivity index (χ2n) is 3.63. The first-order chi connectivity index (χ1) is 8.16. The van der Waals surface area contributed by atoms with Crippen molar-refractivity contribution in [2.75, 3.05) is 18.6 Å². The Balaban J connectivity index is 2.47. The van der Waals surface area contributed by atoms with Gasteiger partial charge < -0.3 is 15.5 Å². The van der Waals surface area contributed by atoms with E-state index in [0.29, 0.717) is 6.54 Å². The van der Waals surface area contributed by atoms with Crippen LogP contribution in [-0.2, 0) is 0 Å². The summed E-state index contributed by atoms with van der Waals surface area (Å²) in [5, 5.41) is 21.6. The molecule has 5 heteroatoms. The Kier molecular flexibility index (Phi) is 5.69. The van der Waals surface area contributed by atoms with Crippen molar-refractivity contribution in [3.63, 3.8) is 0 Å². The summed E-state index contributed by atoms with van der Waals surface area (Å²) >= 11 is 1.77. The molecule has 1 amide bonds. The second-order valence-corrected chi connectivity index (χ2v) is 4.61. The first-order valence-electron chi connectivity index (χ1n) is 5.45. The molecule has 1 aromatic rings. The number of phenolic OH excluding ortho intramolecular Hbond substituents is 2. The molecule has 0 spiro atoms. The molecule has 0 unspecified atom stereocenters. The summed E-state index contributed by atoms with van der Waals surface area (Å²) in [6.45, 7) is 0.549. The van der Waals surface area contributed by atoms with Crippen LogP contribution in [0.15, 0.2) is 18.2 Å². The summed E-state index contributed by atoms with van der Waals surface area (Å²) in [5.74, 6) is 0.223. The minimum atomic E-state index is -0.440. The van der Waals surface area contributed by atoms with Crippen LogP contribution in [0.5, 0.6) is 11.5 Å². The first kappa shape index (κ1) is 13.7. The minimum Gasteiger partial charge on any atom is -0.507 e. The molecule has 1 aromatic carbocycles. The van der Waals surface area contributed by atoms with Gasteiger partial charge in [-0.05, 0) is 37.0 Å². The van der Waals surface area contributed by atoms with Crippen molar-refractivity contribution in [3.05, 3.63) is 23.8 Å². The quantitative estimate of drug-likeness (QED) is 0.680. The van der Waals surface area contributed by atoms with Crippen LogP contribution in [0.4, 0.5) is 0 Å². The highest BCUT2D eigenvalue weighted by molar-refractivity contribution is 7.98. The molecule has 0 aliphatic carbocycles. The fourth-order valence-electron chi connectivity index (χ4n) is 1.42. The van der Waals surface area contributed by atoms with E-state index in [1.165, 1.54) is 18.2 Å². The Morgan fingerprint density at radius 1 is 1.29 bits per heavy atom. The van der Waals surface area contributed by atoms with Crippen LogP contribution in [0, 0.1) is 0 Å². The number of phenols is 2. The summed E-state index contributed by atoms with van der Waals surface area (Å²) in [7, 11) is 0. The van der Waals surface area contributed by atoms with Gasteiger partial charge in [-0.3, -0.25) is 4.79 Å². The van der Waals surface area contributed by atoms with Gasteiger partial charge in [-0.2, -0.15) is 11.8 Å². The van der Waals surface area contributed by atoms with Crippen LogP contribution in [0.1, 0.15) is 23.2 Å². The Bertz CT molecular complexity index is 362. The molecule has 0 fully saturated rings. The van der Waals surface area contributed by atoms with E-state index in [2.05, 4.69) is 5.32 Å². The molecular formula is C12H17NO3S. The largest absolute Gasteiger partial charge is 0.507 e. The molecule has 0 aliphatic rings. The average Bonchev–Trinajstić information content (AvgIpc) is 2.28. The van der Waals surface area contributed by atoms with Crippen LogP contribution >= 0.6 is 11.8 Å². The maximum atomic E-state index is 11.7. The van der Waals surface area contributed by atoms with Gasteiger partial charge in [-0.15, -0.1) is 0 Å². The fourth-order valence-corrected chi connectivity index (χ4v) is 1.92. The zero-order valence-electron chi connectivity index (χ0n) is 9.77. The third kappa shape index (κ3) is 4.19. The number of unbranched alkanes of at least 4 members (excludes halogenated alkanes) is 1. The van der Waals surface area contributed by atoms with Crippen molar-refractivity contribution < 1.29 is 15.0 Å². The second kappa shape index (κ2) is 7.06. The molecule has 94 valence electrons. The van der Waals surface area contributed by atoms with E-state index >= 15 is 0 Å². The summed E-state index contributed by atoms with van der Waals surface area (Å²) in [5.41, 5.74) is -0.0580. The van der Waals surface area contributed by atoms with Gasteiger partial charge in [-0.25, -0.2) is 0 Å². The Hall–Kier alpha value is -1.36. The molecule has 3 N–H and O–H groups in total. The standard InChI is InChI=1S/C12H17NO3S/c1-17-8-3-2-7-13-12(16)11-9(14)5-4-6-10(11)15/h4-6,14-15H,2-3,7-8H2,1H3,(H,13,16). The van der Waals surface area contributed by atoms with Crippen molar-refractivity contribution in [3.8, 4) is 11.5 Å². The fraction of sp³-hybridized carbons (Fsp3) is 0.417. The van der Waals surface area contributed by atoms with Gasteiger partial charge in [0, 0.05) is 6.54 Å². The molecule has 0 aromatic heterocycles. The lowest BCUT2D eigenvalue weighted by Gasteiger charge is -2.08. The molecule has 0 aliphatic heterocycles. The Morgan fingerprint density at radius 2 is 1.94 bits per heavy atom. The van der Waals surface area contributed by atoms with Crippen LogP contribution < -0.4 is 5.32 Å². The van der Waals surface area contributed by atoms with E-state index in [1.807, 2.05) is 6.26 Å². The molecule has 4 nitrogen and oxygen atoms in total. The van der Waals surface area contributed by atoms with E-state index in [9.17, 15) is 15.0 Å². The molecule has 1 rings (SSSR count). The van der Waals surface area contributed by atoms with E-state index < -0.39 is 5.91 Å². The molecule has 0 atom stereocenters. The van der Waals surface area contributed by atoms with Gasteiger partial charge in [-0.1, -0.05) is 6.07 Å². The van der Waals surface area contributed by atoms with Gasteiger partial charge in [0.25, 0.3) is 5.91 Å². The van der Waals surface area contributed by atoms with Crippen molar-refractivity contribution in [1.29, 1.82) is 0 Å². The Labute approximate surface area is 105 Å².